The van der Waals surface area contributed by atoms with Crippen LogP contribution < -0.4 is 5.32 Å². The van der Waals surface area contributed by atoms with Crippen molar-refractivity contribution in [2.45, 2.75) is 63.1 Å². The van der Waals surface area contributed by atoms with E-state index in [1.807, 2.05) is 16.9 Å². The van der Waals surface area contributed by atoms with Crippen LogP contribution in [0.15, 0.2) is 29.2 Å². The third-order valence-corrected chi connectivity index (χ3v) is 5.36. The van der Waals surface area contributed by atoms with E-state index in [-0.39, 0.29) is 24.0 Å². The molecule has 0 radical (unpaired) electrons. The molecule has 7 heteroatoms. The quantitative estimate of drug-likeness (QED) is 0.801. The summed E-state index contributed by atoms with van der Waals surface area (Å²) in [6.07, 6.45) is 9.88. The standard InChI is InChI=1S/C18H24N4O3/c1-11(6-12-4-5-25-10-12)19-15-7-14(18(23)24)8-17(15)22-9-16(20-21-22)13-2-3-13/h4-5,9-11,13-15,17,19H,2-3,6-8H2,1H3,(H,23,24)/t11?,14?,15-,17+/m1/s1. The molecule has 2 fully saturated rings. The molecule has 2 unspecified atom stereocenters. The van der Waals surface area contributed by atoms with Crippen LogP contribution in [0.25, 0.3) is 0 Å². The van der Waals surface area contributed by atoms with Gasteiger partial charge >= 0.3 is 5.97 Å². The summed E-state index contributed by atoms with van der Waals surface area (Å²) in [7, 11) is 0. The van der Waals surface area contributed by atoms with Gasteiger partial charge in [0.1, 0.15) is 0 Å². The lowest BCUT2D eigenvalue weighted by atomic mass is 10.1. The van der Waals surface area contributed by atoms with Gasteiger partial charge in [0.05, 0.1) is 30.2 Å². The van der Waals surface area contributed by atoms with Gasteiger partial charge in [0.15, 0.2) is 0 Å². The Morgan fingerprint density at radius 2 is 2.32 bits per heavy atom. The van der Waals surface area contributed by atoms with Crippen molar-refractivity contribution >= 4 is 5.97 Å². The molecule has 0 saturated heterocycles. The zero-order chi connectivity index (χ0) is 17.4. The van der Waals surface area contributed by atoms with Gasteiger partial charge in [-0.25, -0.2) is 4.68 Å². The van der Waals surface area contributed by atoms with Crippen molar-refractivity contribution in [2.24, 2.45) is 5.92 Å². The average molecular weight is 344 g/mol. The highest BCUT2D eigenvalue weighted by atomic mass is 16.4. The predicted molar refractivity (Wildman–Crippen MR) is 90.2 cm³/mol. The fraction of sp³-hybridized carbons (Fsp3) is 0.611. The first-order chi connectivity index (χ1) is 12.1. The Labute approximate surface area is 146 Å². The second-order valence-corrected chi connectivity index (χ2v) is 7.48. The van der Waals surface area contributed by atoms with Gasteiger partial charge in [-0.1, -0.05) is 5.21 Å². The van der Waals surface area contributed by atoms with Gasteiger partial charge in [-0.15, -0.1) is 5.10 Å². The zero-order valence-corrected chi connectivity index (χ0v) is 14.3. The molecule has 4 atom stereocenters. The number of nitrogens with one attached hydrogen (secondary N) is 1. The molecule has 2 aromatic rings. The number of furan rings is 1. The molecule has 25 heavy (non-hydrogen) atoms. The lowest BCUT2D eigenvalue weighted by Gasteiger charge is -2.24. The summed E-state index contributed by atoms with van der Waals surface area (Å²) in [6.45, 7) is 2.12. The van der Waals surface area contributed by atoms with Crippen molar-refractivity contribution in [3.63, 3.8) is 0 Å². The Morgan fingerprint density at radius 1 is 1.48 bits per heavy atom. The molecule has 0 aromatic carbocycles. The van der Waals surface area contributed by atoms with E-state index in [4.69, 9.17) is 4.42 Å². The minimum Gasteiger partial charge on any atom is -0.481 e. The third kappa shape index (κ3) is 3.61. The zero-order valence-electron chi connectivity index (χ0n) is 14.3. The molecule has 0 bridgehead atoms. The van der Waals surface area contributed by atoms with Crippen LogP contribution in [-0.2, 0) is 11.2 Å². The number of hydrogen-bond acceptors (Lipinski definition) is 5. The van der Waals surface area contributed by atoms with Crippen molar-refractivity contribution < 1.29 is 14.3 Å². The molecule has 134 valence electrons. The van der Waals surface area contributed by atoms with E-state index in [2.05, 4.69) is 22.6 Å². The first kappa shape index (κ1) is 16.3. The minimum atomic E-state index is -0.723. The van der Waals surface area contributed by atoms with E-state index in [0.29, 0.717) is 18.8 Å². The second kappa shape index (κ2) is 6.63. The van der Waals surface area contributed by atoms with Crippen LogP contribution in [0.3, 0.4) is 0 Å². The molecule has 0 aliphatic heterocycles. The second-order valence-electron chi connectivity index (χ2n) is 7.48. The van der Waals surface area contributed by atoms with Gasteiger partial charge in [-0.2, -0.15) is 0 Å². The first-order valence-corrected chi connectivity index (χ1v) is 9.02. The van der Waals surface area contributed by atoms with Crippen molar-refractivity contribution in [1.82, 2.24) is 20.3 Å². The summed E-state index contributed by atoms with van der Waals surface area (Å²) in [4.78, 5) is 11.5. The molecule has 4 rings (SSSR count). The lowest BCUT2D eigenvalue weighted by Crippen LogP contribution is -2.41. The van der Waals surface area contributed by atoms with E-state index in [9.17, 15) is 9.90 Å². The largest absolute Gasteiger partial charge is 0.481 e. The van der Waals surface area contributed by atoms with Crippen molar-refractivity contribution in [1.29, 1.82) is 0 Å². The molecule has 2 N–H and O–H groups in total. The number of rotatable bonds is 7. The molecule has 2 heterocycles. The van der Waals surface area contributed by atoms with E-state index in [1.165, 1.54) is 12.8 Å². The van der Waals surface area contributed by atoms with E-state index < -0.39 is 5.97 Å². The number of aliphatic carboxylic acids is 1. The molecule has 0 amide bonds. The highest BCUT2D eigenvalue weighted by Crippen LogP contribution is 2.40. The molecule has 2 aliphatic rings. The monoisotopic (exact) mass is 344 g/mol. The molecular weight excluding hydrogens is 320 g/mol. The Morgan fingerprint density at radius 3 is 3.00 bits per heavy atom. The van der Waals surface area contributed by atoms with Gasteiger partial charge in [0.2, 0.25) is 0 Å². The van der Waals surface area contributed by atoms with Crippen LogP contribution in [0.1, 0.15) is 55.8 Å². The van der Waals surface area contributed by atoms with Crippen LogP contribution in [0.4, 0.5) is 0 Å². The number of nitrogens with zero attached hydrogens (tertiary/aromatic N) is 3. The maximum atomic E-state index is 11.5. The Balaban J connectivity index is 1.47. The van der Waals surface area contributed by atoms with Gasteiger partial charge in [0.25, 0.3) is 0 Å². The predicted octanol–water partition coefficient (Wildman–Crippen LogP) is 2.37. The summed E-state index contributed by atoms with van der Waals surface area (Å²) in [6, 6.07) is 2.30. The van der Waals surface area contributed by atoms with Crippen LogP contribution >= 0.6 is 0 Å². The summed E-state index contributed by atoms with van der Waals surface area (Å²) in [5.41, 5.74) is 2.19. The van der Waals surface area contributed by atoms with Gasteiger partial charge in [0, 0.05) is 24.2 Å². The number of carboxylic acid groups (broad SMARTS) is 1. The SMILES string of the molecule is CC(Cc1ccoc1)N[C@@H]1CC(C(=O)O)C[C@@H]1n1cc(C2CC2)nn1. The number of hydrogen-bond donors (Lipinski definition) is 2. The maximum Gasteiger partial charge on any atom is 0.306 e. The van der Waals surface area contributed by atoms with Crippen molar-refractivity contribution in [2.75, 3.05) is 0 Å². The molecule has 2 saturated carbocycles. The fourth-order valence-corrected chi connectivity index (χ4v) is 3.89. The molecular formula is C18H24N4O3. The van der Waals surface area contributed by atoms with E-state index in [0.717, 1.165) is 17.7 Å². The van der Waals surface area contributed by atoms with Crippen molar-refractivity contribution in [3.05, 3.63) is 36.0 Å². The lowest BCUT2D eigenvalue weighted by molar-refractivity contribution is -0.141. The van der Waals surface area contributed by atoms with Crippen LogP contribution in [0.2, 0.25) is 0 Å². The first-order valence-electron chi connectivity index (χ1n) is 9.02. The van der Waals surface area contributed by atoms with Crippen molar-refractivity contribution in [3.8, 4) is 0 Å². The summed E-state index contributed by atoms with van der Waals surface area (Å²) in [5, 5.41) is 21.7. The smallest absolute Gasteiger partial charge is 0.306 e. The van der Waals surface area contributed by atoms with Crippen LogP contribution in [-0.4, -0.2) is 38.2 Å². The van der Waals surface area contributed by atoms with E-state index in [1.54, 1.807) is 12.5 Å². The Kier molecular flexibility index (Phi) is 4.33. The normalized spacial score (nSPS) is 27.5. The third-order valence-electron chi connectivity index (χ3n) is 5.36. The van der Waals surface area contributed by atoms with Crippen LogP contribution in [0.5, 0.6) is 0 Å². The molecule has 0 spiro atoms. The number of aromatic nitrogens is 3. The topological polar surface area (TPSA) is 93.2 Å². The highest BCUT2D eigenvalue weighted by molar-refractivity contribution is 5.70. The Hall–Kier alpha value is -2.15. The van der Waals surface area contributed by atoms with Gasteiger partial charge in [-0.05, 0) is 50.7 Å². The highest BCUT2D eigenvalue weighted by Gasteiger charge is 2.40. The van der Waals surface area contributed by atoms with Gasteiger partial charge in [-0.3, -0.25) is 4.79 Å². The molecule has 2 aliphatic carbocycles. The van der Waals surface area contributed by atoms with Gasteiger partial charge < -0.3 is 14.8 Å². The number of carbonyl (C=O) groups is 1. The number of carboxylic acids is 1. The summed E-state index contributed by atoms with van der Waals surface area (Å²) < 4.78 is 7.02. The summed E-state index contributed by atoms with van der Waals surface area (Å²) in [5.74, 6) is -0.506. The fourth-order valence-electron chi connectivity index (χ4n) is 3.89. The van der Waals surface area contributed by atoms with Crippen LogP contribution in [0, 0.1) is 5.92 Å². The average Bonchev–Trinajstić information content (AvgIpc) is 3.00. The molecule has 7 nitrogen and oxygen atoms in total. The van der Waals surface area contributed by atoms with E-state index >= 15 is 0 Å². The minimum absolute atomic E-state index is 0.0351. The maximum absolute atomic E-state index is 11.5. The molecule has 2 aromatic heterocycles. The summed E-state index contributed by atoms with van der Waals surface area (Å²) >= 11 is 0. The Bertz CT molecular complexity index is 723.